The van der Waals surface area contributed by atoms with Crippen LogP contribution in [0.2, 0.25) is 0 Å². The van der Waals surface area contributed by atoms with Gasteiger partial charge < -0.3 is 15.0 Å². The average Bonchev–Trinajstić information content (AvgIpc) is 2.61. The number of nitrogens with one attached hydrogen (secondary N) is 1. The van der Waals surface area contributed by atoms with Gasteiger partial charge in [0, 0.05) is 23.5 Å². The fourth-order valence-electron chi connectivity index (χ4n) is 3.31. The van der Waals surface area contributed by atoms with Gasteiger partial charge in [-0.1, -0.05) is 6.07 Å². The van der Waals surface area contributed by atoms with Crippen molar-refractivity contribution < 1.29 is 18.7 Å². The first kappa shape index (κ1) is 19.9. The van der Waals surface area contributed by atoms with Crippen molar-refractivity contribution in [2.45, 2.75) is 39.2 Å². The van der Waals surface area contributed by atoms with Crippen molar-refractivity contribution in [3.05, 3.63) is 59.4 Å². The molecule has 0 aliphatic carbocycles. The summed E-state index contributed by atoms with van der Waals surface area (Å²) in [4.78, 5) is 26.7. The molecule has 1 N–H and O–H groups in total. The van der Waals surface area contributed by atoms with Gasteiger partial charge in [0.05, 0.1) is 0 Å². The molecule has 1 aliphatic rings. The molecular formula is C22H25FN2O3. The molecule has 5 nitrogen and oxygen atoms in total. The number of nitrogens with zero attached hydrogens (tertiary/aromatic N) is 1. The van der Waals surface area contributed by atoms with Crippen LogP contribution in [0.25, 0.3) is 0 Å². The summed E-state index contributed by atoms with van der Waals surface area (Å²) in [6.07, 6.45) is 1.68. The monoisotopic (exact) mass is 384 g/mol. The molecule has 2 aromatic rings. The number of amides is 1. The van der Waals surface area contributed by atoms with E-state index in [-0.39, 0.29) is 24.2 Å². The van der Waals surface area contributed by atoms with E-state index < -0.39 is 5.60 Å². The molecule has 0 radical (unpaired) electrons. The summed E-state index contributed by atoms with van der Waals surface area (Å²) in [6.45, 7) is 6.45. The van der Waals surface area contributed by atoms with Crippen LogP contribution in [-0.2, 0) is 16.0 Å². The predicted octanol–water partition coefficient (Wildman–Crippen LogP) is 4.17. The molecule has 3 rings (SSSR count). The van der Waals surface area contributed by atoms with E-state index in [0.29, 0.717) is 11.3 Å². The van der Waals surface area contributed by atoms with Crippen molar-refractivity contribution >= 4 is 23.3 Å². The van der Waals surface area contributed by atoms with Crippen molar-refractivity contribution in [2.75, 3.05) is 23.3 Å². The molecule has 0 saturated carbocycles. The molecule has 2 aromatic carbocycles. The van der Waals surface area contributed by atoms with Crippen molar-refractivity contribution in [3.63, 3.8) is 0 Å². The zero-order chi connectivity index (χ0) is 20.3. The third-order valence-electron chi connectivity index (χ3n) is 4.44. The molecular weight excluding hydrogens is 359 g/mol. The Bertz CT molecular complexity index is 872. The second kappa shape index (κ2) is 8.00. The summed E-state index contributed by atoms with van der Waals surface area (Å²) in [7, 11) is 0. The second-order valence-electron chi connectivity index (χ2n) is 7.88. The Kier molecular flexibility index (Phi) is 5.68. The zero-order valence-corrected chi connectivity index (χ0v) is 16.4. The number of halogens is 1. The molecule has 0 atom stereocenters. The molecule has 1 aliphatic heterocycles. The van der Waals surface area contributed by atoms with Gasteiger partial charge >= 0.3 is 5.97 Å². The van der Waals surface area contributed by atoms with Crippen molar-refractivity contribution in [1.82, 2.24) is 0 Å². The molecule has 148 valence electrons. The van der Waals surface area contributed by atoms with E-state index in [1.807, 2.05) is 43.9 Å². The normalized spacial score (nSPS) is 13.6. The van der Waals surface area contributed by atoms with Crippen LogP contribution in [0.3, 0.4) is 0 Å². The van der Waals surface area contributed by atoms with Crippen LogP contribution < -0.4 is 10.2 Å². The number of anilines is 2. The lowest BCUT2D eigenvalue weighted by molar-refractivity contribution is -0.153. The number of ether oxygens (including phenoxy) is 1. The molecule has 0 fully saturated rings. The number of hydrogen-bond acceptors (Lipinski definition) is 4. The maximum absolute atomic E-state index is 13.1. The first-order valence-corrected chi connectivity index (χ1v) is 9.38. The topological polar surface area (TPSA) is 58.6 Å². The van der Waals surface area contributed by atoms with Gasteiger partial charge in [-0.25, -0.2) is 4.39 Å². The van der Waals surface area contributed by atoms with E-state index in [0.717, 1.165) is 30.6 Å². The number of esters is 1. The first-order chi connectivity index (χ1) is 13.2. The van der Waals surface area contributed by atoms with E-state index >= 15 is 0 Å². The highest BCUT2D eigenvalue weighted by Gasteiger charge is 2.24. The minimum Gasteiger partial charge on any atom is -0.459 e. The van der Waals surface area contributed by atoms with Crippen LogP contribution in [0.5, 0.6) is 0 Å². The van der Waals surface area contributed by atoms with Crippen molar-refractivity contribution in [3.8, 4) is 0 Å². The van der Waals surface area contributed by atoms with Crippen molar-refractivity contribution in [2.24, 2.45) is 0 Å². The largest absolute Gasteiger partial charge is 0.459 e. The Morgan fingerprint density at radius 3 is 2.54 bits per heavy atom. The fraction of sp³-hybridized carbons (Fsp3) is 0.364. The highest BCUT2D eigenvalue weighted by Crippen LogP contribution is 2.33. The highest BCUT2D eigenvalue weighted by molar-refractivity contribution is 6.05. The van der Waals surface area contributed by atoms with Gasteiger partial charge in [-0.05, 0) is 75.6 Å². The van der Waals surface area contributed by atoms with E-state index in [4.69, 9.17) is 4.74 Å². The van der Waals surface area contributed by atoms with Gasteiger partial charge in [0.1, 0.15) is 18.0 Å². The molecule has 1 heterocycles. The molecule has 6 heteroatoms. The summed E-state index contributed by atoms with van der Waals surface area (Å²) in [6, 6.07) is 11.1. The third-order valence-corrected chi connectivity index (χ3v) is 4.44. The van der Waals surface area contributed by atoms with E-state index in [1.54, 1.807) is 0 Å². The Balaban J connectivity index is 1.78. The maximum atomic E-state index is 13.1. The lowest BCUT2D eigenvalue weighted by Crippen LogP contribution is -2.38. The smallest absolute Gasteiger partial charge is 0.326 e. The summed E-state index contributed by atoms with van der Waals surface area (Å²) in [5, 5.41) is 2.91. The highest BCUT2D eigenvalue weighted by atomic mass is 19.1. The van der Waals surface area contributed by atoms with Gasteiger partial charge in [0.2, 0.25) is 0 Å². The Morgan fingerprint density at radius 1 is 1.14 bits per heavy atom. The Morgan fingerprint density at radius 2 is 1.86 bits per heavy atom. The number of fused-ring (bicyclic) bond motifs is 1. The van der Waals surface area contributed by atoms with Gasteiger partial charge in [-0.15, -0.1) is 0 Å². The van der Waals surface area contributed by atoms with E-state index in [2.05, 4.69) is 5.32 Å². The number of rotatable bonds is 4. The van der Waals surface area contributed by atoms with Crippen LogP contribution in [0.4, 0.5) is 15.8 Å². The van der Waals surface area contributed by atoms with Crippen LogP contribution in [-0.4, -0.2) is 30.6 Å². The Labute approximate surface area is 164 Å². The second-order valence-corrected chi connectivity index (χ2v) is 7.88. The summed E-state index contributed by atoms with van der Waals surface area (Å²) in [5.41, 5.74) is 2.49. The standard InChI is InChI=1S/C22H25FN2O3/c1-22(2,3)28-20(26)14-25-13-5-6-17-18(7-4-8-19(17)25)24-21(27)15-9-11-16(23)12-10-15/h4,7-12H,5-6,13-14H2,1-3H3,(H,24,27). The fourth-order valence-corrected chi connectivity index (χ4v) is 3.31. The minimum atomic E-state index is -0.527. The van der Waals surface area contributed by atoms with Gasteiger partial charge in [-0.3, -0.25) is 9.59 Å². The minimum absolute atomic E-state index is 0.166. The Hall–Kier alpha value is -2.89. The van der Waals surface area contributed by atoms with Crippen LogP contribution >= 0.6 is 0 Å². The summed E-state index contributed by atoms with van der Waals surface area (Å²) >= 11 is 0. The van der Waals surface area contributed by atoms with Gasteiger partial charge in [-0.2, -0.15) is 0 Å². The molecule has 0 saturated heterocycles. The van der Waals surface area contributed by atoms with Gasteiger partial charge in [0.25, 0.3) is 5.91 Å². The molecule has 0 bridgehead atoms. The average molecular weight is 384 g/mol. The summed E-state index contributed by atoms with van der Waals surface area (Å²) < 4.78 is 18.5. The lowest BCUT2D eigenvalue weighted by Gasteiger charge is -2.32. The number of carbonyl (C=O) groups excluding carboxylic acids is 2. The van der Waals surface area contributed by atoms with E-state index in [9.17, 15) is 14.0 Å². The molecule has 28 heavy (non-hydrogen) atoms. The molecule has 0 aromatic heterocycles. The lowest BCUT2D eigenvalue weighted by atomic mass is 9.99. The van der Waals surface area contributed by atoms with Crippen LogP contribution in [0.1, 0.15) is 43.1 Å². The molecule has 0 unspecified atom stereocenters. The zero-order valence-electron chi connectivity index (χ0n) is 16.4. The van der Waals surface area contributed by atoms with Crippen molar-refractivity contribution in [1.29, 1.82) is 0 Å². The summed E-state index contributed by atoms with van der Waals surface area (Å²) in [5.74, 6) is -0.954. The predicted molar refractivity (Wildman–Crippen MR) is 107 cm³/mol. The number of carbonyl (C=O) groups is 2. The number of benzene rings is 2. The first-order valence-electron chi connectivity index (χ1n) is 9.38. The quantitative estimate of drug-likeness (QED) is 0.804. The van der Waals surface area contributed by atoms with E-state index in [1.165, 1.54) is 24.3 Å². The SMILES string of the molecule is CC(C)(C)OC(=O)CN1CCCc2c(NC(=O)c3ccc(F)cc3)cccc21. The number of hydrogen-bond donors (Lipinski definition) is 1. The van der Waals surface area contributed by atoms with Crippen LogP contribution in [0.15, 0.2) is 42.5 Å². The van der Waals surface area contributed by atoms with Crippen LogP contribution in [0, 0.1) is 5.82 Å². The van der Waals surface area contributed by atoms with Gasteiger partial charge in [0.15, 0.2) is 0 Å². The maximum Gasteiger partial charge on any atom is 0.326 e. The third kappa shape index (κ3) is 4.88. The molecule has 0 spiro atoms. The molecule has 1 amide bonds.